The van der Waals surface area contributed by atoms with E-state index < -0.39 is 82.9 Å². The molecule has 0 saturated carbocycles. The van der Waals surface area contributed by atoms with Crippen molar-refractivity contribution in [1.29, 1.82) is 10.5 Å². The molecule has 12 heteroatoms. The molecule has 0 aliphatic carbocycles. The van der Waals surface area contributed by atoms with Crippen LogP contribution in [0, 0.1) is 22.7 Å². The van der Waals surface area contributed by atoms with E-state index in [1.807, 2.05) is 0 Å². The summed E-state index contributed by atoms with van der Waals surface area (Å²) in [6.45, 7) is 2.10. The van der Waals surface area contributed by atoms with Crippen LogP contribution in [0.2, 0.25) is 0 Å². The third kappa shape index (κ3) is 4.32. The van der Waals surface area contributed by atoms with E-state index in [4.69, 9.17) is 10.5 Å². The van der Waals surface area contributed by atoms with Gasteiger partial charge in [0, 0.05) is 19.8 Å². The molecule has 2 N–H and O–H groups in total. The SMILES string of the molecule is CC(O)[N+](C)(C(=O)CC#N)C(CCCC(=O)[O-])(C(=O)[O-])[N+](C)(C(=O)CC#N)C(C)O. The average Bonchev–Trinajstić information content (AvgIpc) is 2.63. The van der Waals surface area contributed by atoms with Crippen LogP contribution in [0.15, 0.2) is 0 Å². The monoisotopic (exact) mass is 426 g/mol. The molecule has 2 amide bonds. The molecule has 4 atom stereocenters. The molecule has 0 aliphatic rings. The molecule has 0 spiro atoms. The molecular formula is C18H26N4O8. The number of likely N-dealkylation sites (N-methyl/N-ethyl adjacent to an activating group) is 2. The number of hydrogen-bond donors (Lipinski definition) is 2. The van der Waals surface area contributed by atoms with Gasteiger partial charge in [-0.3, -0.25) is 0 Å². The highest BCUT2D eigenvalue weighted by Gasteiger charge is 2.71. The number of rotatable bonds is 11. The molecule has 0 aromatic carbocycles. The minimum Gasteiger partial charge on any atom is -0.550 e. The molecule has 30 heavy (non-hydrogen) atoms. The number of nitriles is 2. The van der Waals surface area contributed by atoms with Crippen molar-refractivity contribution in [2.45, 2.75) is 64.1 Å². The number of nitrogens with zero attached hydrogens (tertiary/aromatic N) is 4. The molecule has 0 aromatic heterocycles. The molecule has 0 fully saturated rings. The van der Waals surface area contributed by atoms with Gasteiger partial charge in [0.25, 0.3) is 5.66 Å². The number of carbonyl (C=O) groups excluding carboxylic acids is 4. The Balaban J connectivity index is 7.37. The molecular weight excluding hydrogens is 400 g/mol. The van der Waals surface area contributed by atoms with Crippen molar-refractivity contribution < 1.29 is 48.6 Å². The molecule has 0 heterocycles. The predicted octanol–water partition coefficient (Wildman–Crippen LogP) is -3.20. The van der Waals surface area contributed by atoms with Gasteiger partial charge in [-0.15, -0.1) is 0 Å². The molecule has 0 rings (SSSR count). The lowest BCUT2D eigenvalue weighted by atomic mass is 9.90. The smallest absolute Gasteiger partial charge is 0.335 e. The summed E-state index contributed by atoms with van der Waals surface area (Å²) in [4.78, 5) is 49.3. The number of hydrogen-bond acceptors (Lipinski definition) is 10. The quantitative estimate of drug-likeness (QED) is 0.250. The van der Waals surface area contributed by atoms with E-state index in [-0.39, 0.29) is 0 Å². The van der Waals surface area contributed by atoms with Gasteiger partial charge in [0.15, 0.2) is 31.3 Å². The largest absolute Gasteiger partial charge is 0.550 e. The number of carboxylic acids is 2. The number of quaternary nitrogens is 2. The lowest BCUT2D eigenvalue weighted by Crippen LogP contribution is -2.87. The van der Waals surface area contributed by atoms with E-state index in [1.54, 1.807) is 12.1 Å². The minimum absolute atomic E-state index is 0.433. The Morgan fingerprint density at radius 1 is 0.933 bits per heavy atom. The van der Waals surface area contributed by atoms with Crippen molar-refractivity contribution in [3.8, 4) is 12.1 Å². The molecule has 166 valence electrons. The summed E-state index contributed by atoms with van der Waals surface area (Å²) in [6.07, 6.45) is -7.19. The molecule has 12 nitrogen and oxygen atoms in total. The topological polar surface area (TPSA) is 202 Å². The van der Waals surface area contributed by atoms with Crippen molar-refractivity contribution in [3.05, 3.63) is 0 Å². The zero-order valence-electron chi connectivity index (χ0n) is 17.3. The van der Waals surface area contributed by atoms with Crippen LogP contribution in [0.3, 0.4) is 0 Å². The Morgan fingerprint density at radius 2 is 1.30 bits per heavy atom. The number of amides is 2. The summed E-state index contributed by atoms with van der Waals surface area (Å²) in [5.74, 6) is -5.81. The van der Waals surface area contributed by atoms with Crippen LogP contribution >= 0.6 is 0 Å². The maximum Gasteiger partial charge on any atom is 0.335 e. The van der Waals surface area contributed by atoms with Gasteiger partial charge in [0.05, 0.1) is 32.7 Å². The fourth-order valence-electron chi connectivity index (χ4n) is 3.77. The van der Waals surface area contributed by atoms with Gasteiger partial charge >= 0.3 is 11.8 Å². The first-order chi connectivity index (χ1) is 13.7. The third-order valence-corrected chi connectivity index (χ3v) is 5.76. The van der Waals surface area contributed by atoms with Gasteiger partial charge in [-0.2, -0.15) is 19.5 Å². The Bertz CT molecular complexity index is 736. The Morgan fingerprint density at radius 3 is 1.53 bits per heavy atom. The van der Waals surface area contributed by atoms with E-state index in [9.17, 15) is 39.6 Å². The fraction of sp³-hybridized carbons (Fsp3) is 0.667. The highest BCUT2D eigenvalue weighted by atomic mass is 16.4. The average molecular weight is 426 g/mol. The first-order valence-electron chi connectivity index (χ1n) is 9.02. The highest BCUT2D eigenvalue weighted by molar-refractivity contribution is 5.83. The van der Waals surface area contributed by atoms with Crippen molar-refractivity contribution in [3.63, 3.8) is 0 Å². The fourth-order valence-corrected chi connectivity index (χ4v) is 3.77. The number of aliphatic hydroxyl groups is 2. The number of carboxylic acid groups (broad SMARTS) is 2. The van der Waals surface area contributed by atoms with Crippen LogP contribution in [0.1, 0.15) is 46.0 Å². The number of aliphatic carboxylic acids is 2. The second kappa shape index (κ2) is 10.2. The summed E-state index contributed by atoms with van der Waals surface area (Å²) in [5.41, 5.74) is -2.78. The van der Waals surface area contributed by atoms with Crippen molar-refractivity contribution >= 4 is 23.8 Å². The van der Waals surface area contributed by atoms with Gasteiger partial charge in [-0.05, 0) is 12.8 Å². The molecule has 0 aromatic rings. The Labute approximate surface area is 173 Å². The maximum atomic E-state index is 12.9. The normalized spacial score (nSPS) is 18.9. The maximum absolute atomic E-state index is 12.9. The van der Waals surface area contributed by atoms with Gasteiger partial charge in [-0.1, -0.05) is 0 Å². The predicted molar refractivity (Wildman–Crippen MR) is 92.8 cm³/mol. The van der Waals surface area contributed by atoms with Crippen LogP contribution in [0.4, 0.5) is 0 Å². The van der Waals surface area contributed by atoms with Crippen molar-refractivity contribution in [1.82, 2.24) is 0 Å². The zero-order valence-corrected chi connectivity index (χ0v) is 17.3. The Hall–Kier alpha value is -2.90. The first-order valence-corrected chi connectivity index (χ1v) is 9.02. The highest BCUT2D eigenvalue weighted by Crippen LogP contribution is 2.42. The van der Waals surface area contributed by atoms with Crippen molar-refractivity contribution in [2.75, 3.05) is 14.1 Å². The molecule has 0 saturated heterocycles. The molecule has 0 aliphatic heterocycles. The summed E-state index contributed by atoms with van der Waals surface area (Å²) >= 11 is 0. The van der Waals surface area contributed by atoms with E-state index in [2.05, 4.69) is 0 Å². The van der Waals surface area contributed by atoms with Crippen LogP contribution in [0.25, 0.3) is 0 Å². The number of aliphatic hydroxyl groups excluding tert-OH is 2. The van der Waals surface area contributed by atoms with E-state index in [0.717, 1.165) is 27.9 Å². The van der Waals surface area contributed by atoms with Crippen LogP contribution < -0.4 is 10.2 Å². The first kappa shape index (κ1) is 27.1. The van der Waals surface area contributed by atoms with Crippen LogP contribution in [-0.4, -0.2) is 75.1 Å². The van der Waals surface area contributed by atoms with E-state index in [1.165, 1.54) is 0 Å². The Kier molecular flexibility index (Phi) is 9.24. The van der Waals surface area contributed by atoms with Crippen molar-refractivity contribution in [2.24, 2.45) is 0 Å². The lowest BCUT2D eigenvalue weighted by Gasteiger charge is -2.57. The van der Waals surface area contributed by atoms with Gasteiger partial charge in [0.2, 0.25) is 0 Å². The van der Waals surface area contributed by atoms with E-state index >= 15 is 0 Å². The summed E-state index contributed by atoms with van der Waals surface area (Å²) < 4.78 is -2.96. The van der Waals surface area contributed by atoms with Gasteiger partial charge in [0.1, 0.15) is 0 Å². The summed E-state index contributed by atoms with van der Waals surface area (Å²) in [6, 6.07) is 3.10. The standard InChI is InChI=1S/C18H26N4O8/c1-12(23)21(3,14(25)7-10-19)18(17(29)30,9-5-6-16(27)28)22(4,13(2)24)15(26)8-11-20/h12-13,23-24H,5-9H2,1-4H3. The second-order valence-corrected chi connectivity index (χ2v) is 7.20. The third-order valence-electron chi connectivity index (χ3n) is 5.76. The van der Waals surface area contributed by atoms with Crippen LogP contribution in [-0.2, 0) is 19.2 Å². The van der Waals surface area contributed by atoms with Crippen LogP contribution in [0.5, 0.6) is 0 Å². The van der Waals surface area contributed by atoms with Gasteiger partial charge in [-0.25, -0.2) is 9.59 Å². The summed E-state index contributed by atoms with van der Waals surface area (Å²) in [5, 5.41) is 62.4. The molecule has 4 unspecified atom stereocenters. The lowest BCUT2D eigenvalue weighted by molar-refractivity contribution is -1.11. The summed E-state index contributed by atoms with van der Waals surface area (Å²) in [7, 11) is 1.91. The second-order valence-electron chi connectivity index (χ2n) is 7.20. The van der Waals surface area contributed by atoms with Gasteiger partial charge < -0.3 is 30.0 Å². The molecule has 0 bridgehead atoms. The van der Waals surface area contributed by atoms with E-state index in [0.29, 0.717) is 0 Å². The minimum atomic E-state index is -2.78. The molecule has 0 radical (unpaired) electrons. The zero-order chi connectivity index (χ0) is 23.9. The number of carbonyl (C=O) groups is 4.